The molecule has 0 fully saturated rings. The molecule has 0 saturated heterocycles. The Hall–Kier alpha value is -1.27. The lowest BCUT2D eigenvalue weighted by Crippen LogP contribution is -2.04. The summed E-state index contributed by atoms with van der Waals surface area (Å²) in [5.41, 5.74) is 6.30. The summed E-state index contributed by atoms with van der Waals surface area (Å²) < 4.78 is 26.2. The number of methoxy groups -OCH3 is 1. The first-order chi connectivity index (χ1) is 6.13. The zero-order valence-electron chi connectivity index (χ0n) is 6.98. The minimum Gasteiger partial charge on any atom is -0.497 e. The van der Waals surface area contributed by atoms with Crippen molar-refractivity contribution in [1.29, 1.82) is 0 Å². The van der Waals surface area contributed by atoms with Gasteiger partial charge in [-0.1, -0.05) is 0 Å². The molecular weight excluding hydrogens is 192 g/mol. The number of benzene rings is 1. The lowest BCUT2D eigenvalue weighted by atomic mass is 10.2. The van der Waals surface area contributed by atoms with E-state index in [1.807, 2.05) is 0 Å². The van der Waals surface area contributed by atoms with Crippen LogP contribution in [-0.4, -0.2) is 15.9 Å². The molecule has 0 spiro atoms. The van der Waals surface area contributed by atoms with Crippen LogP contribution in [0.5, 0.6) is 5.75 Å². The summed E-state index contributed by atoms with van der Waals surface area (Å²) in [6.07, 6.45) is 0. The molecule has 4 N–H and O–H groups in total. The quantitative estimate of drug-likeness (QED) is 0.500. The fourth-order valence-electron chi connectivity index (χ4n) is 0.845. The Kier molecular flexibility index (Phi) is 3.10. The molecule has 0 bridgehead atoms. The molecule has 0 radical (unpaired) electrons. The number of nitrogen functional groups attached to an aromatic ring is 1. The van der Waals surface area contributed by atoms with Crippen molar-refractivity contribution in [3.05, 3.63) is 18.2 Å². The van der Waals surface area contributed by atoms with Crippen LogP contribution in [-0.2, 0) is 11.3 Å². The first-order valence-electron chi connectivity index (χ1n) is 3.44. The molecule has 72 valence electrons. The average Bonchev–Trinajstić information content (AvgIpc) is 2.08. The number of hydrogen-bond acceptors (Lipinski definition) is 3. The van der Waals surface area contributed by atoms with Gasteiger partial charge < -0.3 is 10.5 Å². The fourth-order valence-corrected chi connectivity index (χ4v) is 1.21. The third kappa shape index (κ3) is 2.60. The minimum atomic E-state index is -2.12. The van der Waals surface area contributed by atoms with E-state index in [4.69, 9.17) is 15.0 Å². The third-order valence-corrected chi connectivity index (χ3v) is 1.85. The monoisotopic (exact) mass is 202 g/mol. The molecule has 1 rings (SSSR count). The highest BCUT2D eigenvalue weighted by atomic mass is 32.2. The molecule has 13 heavy (non-hydrogen) atoms. The molecule has 1 unspecified atom stereocenters. The number of anilines is 2. The summed E-state index contributed by atoms with van der Waals surface area (Å²) in [4.78, 5) is 0. The van der Waals surface area contributed by atoms with Gasteiger partial charge in [-0.15, -0.1) is 0 Å². The Bertz CT molecular complexity index is 330. The summed E-state index contributed by atoms with van der Waals surface area (Å²) in [6.45, 7) is 0. The van der Waals surface area contributed by atoms with E-state index in [9.17, 15) is 4.21 Å². The van der Waals surface area contributed by atoms with Crippen molar-refractivity contribution in [3.8, 4) is 5.75 Å². The summed E-state index contributed by atoms with van der Waals surface area (Å²) in [7, 11) is 1.51. The Labute approximate surface area is 78.3 Å². The molecular formula is C7H10N2O3S. The number of hydrogen-bond donors (Lipinski definition) is 3. The van der Waals surface area contributed by atoms with Gasteiger partial charge in [0, 0.05) is 6.07 Å². The summed E-state index contributed by atoms with van der Waals surface area (Å²) in [6, 6.07) is 4.80. The second-order valence-electron chi connectivity index (χ2n) is 2.30. The van der Waals surface area contributed by atoms with Gasteiger partial charge in [-0.3, -0.25) is 9.27 Å². The van der Waals surface area contributed by atoms with Crippen molar-refractivity contribution in [2.45, 2.75) is 0 Å². The van der Waals surface area contributed by atoms with Gasteiger partial charge in [0.25, 0.3) is 11.3 Å². The molecule has 1 aromatic carbocycles. The smallest absolute Gasteiger partial charge is 0.259 e. The third-order valence-electron chi connectivity index (χ3n) is 1.46. The second-order valence-corrected chi connectivity index (χ2v) is 3.01. The van der Waals surface area contributed by atoms with Crippen LogP contribution in [0, 0.1) is 0 Å². The van der Waals surface area contributed by atoms with Crippen molar-refractivity contribution in [2.75, 3.05) is 17.6 Å². The molecule has 0 saturated carbocycles. The molecule has 5 nitrogen and oxygen atoms in total. The normalized spacial score (nSPS) is 12.2. The number of ether oxygens (including phenoxy) is 1. The van der Waals surface area contributed by atoms with E-state index in [2.05, 4.69) is 4.72 Å². The lowest BCUT2D eigenvalue weighted by Gasteiger charge is -2.07. The molecule has 6 heteroatoms. The predicted octanol–water partition coefficient (Wildman–Crippen LogP) is 0.826. The van der Waals surface area contributed by atoms with E-state index in [0.717, 1.165) is 0 Å². The standard InChI is InChI=1S/C7H10N2O3S/c1-12-5-2-3-6(8)7(4-5)9-13(10)11/h2-4,9H,8H2,1H3,(H,10,11). The largest absolute Gasteiger partial charge is 0.497 e. The van der Waals surface area contributed by atoms with E-state index in [1.165, 1.54) is 7.11 Å². The molecule has 0 aliphatic carbocycles. The molecule has 0 aromatic heterocycles. The predicted molar refractivity (Wildman–Crippen MR) is 51.8 cm³/mol. The van der Waals surface area contributed by atoms with Crippen molar-refractivity contribution >= 4 is 22.6 Å². The van der Waals surface area contributed by atoms with Crippen molar-refractivity contribution in [1.82, 2.24) is 0 Å². The maximum Gasteiger partial charge on any atom is 0.259 e. The van der Waals surface area contributed by atoms with Gasteiger partial charge in [0.1, 0.15) is 5.75 Å². The maximum absolute atomic E-state index is 10.4. The van der Waals surface area contributed by atoms with Gasteiger partial charge in [-0.2, -0.15) is 0 Å². The van der Waals surface area contributed by atoms with Crippen LogP contribution < -0.4 is 15.2 Å². The Morgan fingerprint density at radius 2 is 2.31 bits per heavy atom. The van der Waals surface area contributed by atoms with E-state index < -0.39 is 11.3 Å². The van der Waals surface area contributed by atoms with E-state index in [1.54, 1.807) is 18.2 Å². The highest BCUT2D eigenvalue weighted by Gasteiger charge is 2.02. The van der Waals surface area contributed by atoms with Crippen molar-refractivity contribution in [3.63, 3.8) is 0 Å². The zero-order chi connectivity index (χ0) is 9.84. The second kappa shape index (κ2) is 4.11. The lowest BCUT2D eigenvalue weighted by molar-refractivity contribution is 0.415. The van der Waals surface area contributed by atoms with Crippen LogP contribution in [0.2, 0.25) is 0 Å². The fraction of sp³-hybridized carbons (Fsp3) is 0.143. The summed E-state index contributed by atoms with van der Waals surface area (Å²) in [5.74, 6) is 0.571. The van der Waals surface area contributed by atoms with Gasteiger partial charge in [0.15, 0.2) is 0 Å². The first kappa shape index (κ1) is 9.82. The zero-order valence-corrected chi connectivity index (χ0v) is 7.80. The van der Waals surface area contributed by atoms with Gasteiger partial charge in [0.05, 0.1) is 18.5 Å². The van der Waals surface area contributed by atoms with Gasteiger partial charge in [-0.25, -0.2) is 4.21 Å². The number of nitrogens with two attached hydrogens (primary N) is 1. The SMILES string of the molecule is COc1ccc(N)c(NS(=O)O)c1. The Morgan fingerprint density at radius 3 is 2.85 bits per heavy atom. The number of nitrogens with one attached hydrogen (secondary N) is 1. The van der Waals surface area contributed by atoms with Crippen LogP contribution in [0.15, 0.2) is 18.2 Å². The van der Waals surface area contributed by atoms with Crippen LogP contribution >= 0.6 is 0 Å². The van der Waals surface area contributed by atoms with Gasteiger partial charge >= 0.3 is 0 Å². The van der Waals surface area contributed by atoms with E-state index in [-0.39, 0.29) is 0 Å². The highest BCUT2D eigenvalue weighted by Crippen LogP contribution is 2.24. The topological polar surface area (TPSA) is 84.6 Å². The average molecular weight is 202 g/mol. The van der Waals surface area contributed by atoms with Crippen LogP contribution in [0.25, 0.3) is 0 Å². The van der Waals surface area contributed by atoms with Crippen LogP contribution in [0.3, 0.4) is 0 Å². The molecule has 0 aliphatic heterocycles. The molecule has 1 atom stereocenters. The first-order valence-corrected chi connectivity index (χ1v) is 4.55. The van der Waals surface area contributed by atoms with Crippen molar-refractivity contribution < 1.29 is 13.5 Å². The Morgan fingerprint density at radius 1 is 1.62 bits per heavy atom. The van der Waals surface area contributed by atoms with E-state index in [0.29, 0.717) is 17.1 Å². The molecule has 0 aliphatic rings. The maximum atomic E-state index is 10.4. The van der Waals surface area contributed by atoms with Gasteiger partial charge in [-0.05, 0) is 12.1 Å². The molecule has 0 heterocycles. The highest BCUT2D eigenvalue weighted by molar-refractivity contribution is 7.80. The van der Waals surface area contributed by atoms with Crippen LogP contribution in [0.1, 0.15) is 0 Å². The van der Waals surface area contributed by atoms with Crippen LogP contribution in [0.4, 0.5) is 11.4 Å². The summed E-state index contributed by atoms with van der Waals surface area (Å²) in [5, 5.41) is 0. The summed E-state index contributed by atoms with van der Waals surface area (Å²) >= 11 is -2.12. The molecule has 1 aromatic rings. The van der Waals surface area contributed by atoms with Crippen molar-refractivity contribution in [2.24, 2.45) is 0 Å². The van der Waals surface area contributed by atoms with E-state index >= 15 is 0 Å². The van der Waals surface area contributed by atoms with Gasteiger partial charge in [0.2, 0.25) is 0 Å². The number of rotatable bonds is 3. The Balaban J connectivity index is 2.96. The molecule has 0 amide bonds. The minimum absolute atomic E-state index is 0.375.